The van der Waals surface area contributed by atoms with Crippen molar-refractivity contribution in [3.05, 3.63) is 255 Å². The third-order valence-electron chi connectivity index (χ3n) is 15.2. The van der Waals surface area contributed by atoms with Gasteiger partial charge in [0.25, 0.3) is 0 Å². The van der Waals surface area contributed by atoms with Gasteiger partial charge in [0.05, 0.1) is 0 Å². The summed E-state index contributed by atoms with van der Waals surface area (Å²) in [5.41, 5.74) is 14.7. The number of rotatable bonds is 8. The molecule has 0 saturated heterocycles. The maximum atomic E-state index is 6.43. The summed E-state index contributed by atoms with van der Waals surface area (Å²) in [5, 5.41) is 12.2. The lowest BCUT2D eigenvalue weighted by atomic mass is 10.0. The lowest BCUT2D eigenvalue weighted by Crippen LogP contribution is -2.09. The quantitative estimate of drug-likeness (QED) is 0.152. The first-order valence-electron chi connectivity index (χ1n) is 25.6. The molecule has 4 heterocycles. The average Bonchev–Trinajstić information content (AvgIpc) is 4.28. The molecule has 0 aliphatic heterocycles. The topological polar surface area (TPSA) is 32.8 Å². The van der Waals surface area contributed by atoms with E-state index in [-0.39, 0.29) is 0 Å². The van der Waals surface area contributed by atoms with E-state index in [0.717, 1.165) is 100 Å². The van der Waals surface area contributed by atoms with Gasteiger partial charge in [-0.15, -0.1) is 22.7 Å². The standard InChI is InChI=1S/C70H42N2O2S2/c1-3-13-47(14-4-1)71(49-29-25-43(26-30-49)53-19-11-21-59-55-17-7-9-23-63(55)73-69(53)59)51-33-35-57-61-37-45-40-66-62(38-46(45)39-65(61)75-67(57)41-51)58-36-34-52(42-68(58)76-66)72(48-15-5-2-6-16-48)50-31-27-44(28-32-50)54-20-12-22-60-56-18-8-10-24-64(56)74-70(54)60/h1-42H. The van der Waals surface area contributed by atoms with Gasteiger partial charge in [0.1, 0.15) is 22.3 Å². The van der Waals surface area contributed by atoms with E-state index in [1.165, 1.54) is 51.1 Å². The van der Waals surface area contributed by atoms with Gasteiger partial charge in [-0.25, -0.2) is 0 Å². The molecule has 0 aliphatic rings. The van der Waals surface area contributed by atoms with Gasteiger partial charge in [-0.3, -0.25) is 0 Å². The summed E-state index contributed by atoms with van der Waals surface area (Å²) >= 11 is 3.74. The minimum atomic E-state index is 0.908. The summed E-state index contributed by atoms with van der Waals surface area (Å²) in [6, 6.07) is 92.1. The van der Waals surface area contributed by atoms with Gasteiger partial charge in [0, 0.05) is 107 Å². The summed E-state index contributed by atoms with van der Waals surface area (Å²) in [7, 11) is 0. The Kier molecular flexibility index (Phi) is 9.64. The molecule has 0 saturated carbocycles. The number of thiophene rings is 2. The predicted octanol–water partition coefficient (Wildman–Crippen LogP) is 21.6. The van der Waals surface area contributed by atoms with Crippen LogP contribution in [0.2, 0.25) is 0 Å². The van der Waals surface area contributed by atoms with Crippen molar-refractivity contribution in [3.8, 4) is 22.3 Å². The van der Waals surface area contributed by atoms with Crippen LogP contribution in [0.15, 0.2) is 264 Å². The van der Waals surface area contributed by atoms with Crippen LogP contribution in [-0.4, -0.2) is 0 Å². The zero-order chi connectivity index (χ0) is 49.8. The monoisotopic (exact) mass is 1010 g/mol. The number of para-hydroxylation sites is 6. The van der Waals surface area contributed by atoms with Gasteiger partial charge >= 0.3 is 0 Å². The van der Waals surface area contributed by atoms with Crippen LogP contribution in [0.25, 0.3) is 117 Å². The Morgan fingerprint density at radius 1 is 0.250 bits per heavy atom. The SMILES string of the molecule is c1ccc(N(c2ccc(-c3cccc4c3oc3ccccc34)cc2)c2ccc3c(c2)sc2cc4cc5c(cc4cc23)sc2cc(N(c3ccccc3)c3ccc(-c4cccc6c4oc4ccccc46)cc3)ccc25)cc1. The van der Waals surface area contributed by atoms with Gasteiger partial charge in [0.15, 0.2) is 0 Å². The van der Waals surface area contributed by atoms with Crippen molar-refractivity contribution in [1.82, 2.24) is 0 Å². The third kappa shape index (κ3) is 6.89. The number of benzene rings is 12. The minimum absolute atomic E-state index is 0.908. The van der Waals surface area contributed by atoms with Crippen LogP contribution in [0.4, 0.5) is 34.1 Å². The van der Waals surface area contributed by atoms with E-state index in [0.29, 0.717) is 0 Å². The second-order valence-corrected chi connectivity index (χ2v) is 21.8. The molecule has 16 aromatic rings. The van der Waals surface area contributed by atoms with Crippen molar-refractivity contribution >= 4 is 152 Å². The maximum Gasteiger partial charge on any atom is 0.143 e. The summed E-state index contributed by atoms with van der Waals surface area (Å²) in [5.74, 6) is 0. The van der Waals surface area contributed by atoms with Gasteiger partial charge in [-0.2, -0.15) is 0 Å². The van der Waals surface area contributed by atoms with Gasteiger partial charge in [-0.05, 0) is 131 Å². The Morgan fingerprint density at radius 2 is 0.618 bits per heavy atom. The molecular weight excluding hydrogens is 965 g/mol. The minimum Gasteiger partial charge on any atom is -0.455 e. The smallest absolute Gasteiger partial charge is 0.143 e. The van der Waals surface area contributed by atoms with Crippen LogP contribution < -0.4 is 9.80 Å². The zero-order valence-electron chi connectivity index (χ0n) is 40.8. The van der Waals surface area contributed by atoms with E-state index in [2.05, 4.69) is 240 Å². The molecule has 6 heteroatoms. The number of hydrogen-bond donors (Lipinski definition) is 0. The van der Waals surface area contributed by atoms with E-state index >= 15 is 0 Å². The fraction of sp³-hybridized carbons (Fsp3) is 0. The summed E-state index contributed by atoms with van der Waals surface area (Å²) < 4.78 is 18.0. The maximum absolute atomic E-state index is 6.43. The number of nitrogens with zero attached hydrogens (tertiary/aromatic N) is 2. The second-order valence-electron chi connectivity index (χ2n) is 19.6. The second kappa shape index (κ2) is 17.0. The Morgan fingerprint density at radius 3 is 1.07 bits per heavy atom. The Balaban J connectivity index is 0.738. The first-order chi connectivity index (χ1) is 37.6. The Bertz CT molecular complexity index is 4620. The van der Waals surface area contributed by atoms with Gasteiger partial charge in [-0.1, -0.05) is 146 Å². The van der Waals surface area contributed by atoms with Crippen molar-refractivity contribution in [2.24, 2.45) is 0 Å². The number of hydrogen-bond acceptors (Lipinski definition) is 6. The normalized spacial score (nSPS) is 11.9. The van der Waals surface area contributed by atoms with Gasteiger partial charge < -0.3 is 18.6 Å². The number of anilines is 6. The highest BCUT2D eigenvalue weighted by Gasteiger charge is 2.20. The van der Waals surface area contributed by atoms with Crippen LogP contribution >= 0.6 is 22.7 Å². The third-order valence-corrected chi connectivity index (χ3v) is 17.4. The predicted molar refractivity (Wildman–Crippen MR) is 325 cm³/mol. The lowest BCUT2D eigenvalue weighted by Gasteiger charge is -2.25. The van der Waals surface area contributed by atoms with Crippen molar-refractivity contribution in [3.63, 3.8) is 0 Å². The molecule has 0 spiro atoms. The molecule has 4 nitrogen and oxygen atoms in total. The molecule has 0 atom stereocenters. The molecular formula is C70H42N2O2S2. The molecule has 0 radical (unpaired) electrons. The highest BCUT2D eigenvalue weighted by atomic mass is 32.1. The molecule has 0 unspecified atom stereocenters. The molecule has 0 bridgehead atoms. The molecule has 0 N–H and O–H groups in total. The highest BCUT2D eigenvalue weighted by Crippen LogP contribution is 2.46. The molecule has 356 valence electrons. The zero-order valence-corrected chi connectivity index (χ0v) is 42.4. The molecule has 16 rings (SSSR count). The van der Waals surface area contributed by atoms with E-state index in [1.54, 1.807) is 0 Å². The van der Waals surface area contributed by atoms with Gasteiger partial charge in [0.2, 0.25) is 0 Å². The van der Waals surface area contributed by atoms with Crippen molar-refractivity contribution in [2.45, 2.75) is 0 Å². The Labute approximate surface area is 444 Å². The molecule has 0 aliphatic carbocycles. The van der Waals surface area contributed by atoms with Crippen molar-refractivity contribution in [1.29, 1.82) is 0 Å². The van der Waals surface area contributed by atoms with E-state index in [9.17, 15) is 0 Å². The first-order valence-corrected chi connectivity index (χ1v) is 27.2. The van der Waals surface area contributed by atoms with Crippen molar-refractivity contribution < 1.29 is 8.83 Å². The fourth-order valence-electron chi connectivity index (χ4n) is 11.6. The number of fused-ring (bicyclic) bond motifs is 13. The van der Waals surface area contributed by atoms with E-state index in [4.69, 9.17) is 8.83 Å². The van der Waals surface area contributed by atoms with Crippen LogP contribution in [0.5, 0.6) is 0 Å². The lowest BCUT2D eigenvalue weighted by molar-refractivity contribution is 0.669. The summed E-state index contributed by atoms with van der Waals surface area (Å²) in [6.45, 7) is 0. The number of furan rings is 2. The van der Waals surface area contributed by atoms with Crippen molar-refractivity contribution in [2.75, 3.05) is 9.80 Å². The molecule has 0 fully saturated rings. The molecule has 12 aromatic carbocycles. The molecule has 76 heavy (non-hydrogen) atoms. The van der Waals surface area contributed by atoms with Crippen LogP contribution in [-0.2, 0) is 0 Å². The average molecular weight is 1010 g/mol. The van der Waals surface area contributed by atoms with Crippen LogP contribution in [0, 0.1) is 0 Å². The van der Waals surface area contributed by atoms with Crippen LogP contribution in [0.3, 0.4) is 0 Å². The van der Waals surface area contributed by atoms with Crippen LogP contribution in [0.1, 0.15) is 0 Å². The first kappa shape index (κ1) is 43.0. The summed E-state index contributed by atoms with van der Waals surface area (Å²) in [4.78, 5) is 4.72. The summed E-state index contributed by atoms with van der Waals surface area (Å²) in [6.07, 6.45) is 0. The molecule has 0 amide bonds. The Hall–Kier alpha value is -9.46. The largest absolute Gasteiger partial charge is 0.455 e. The van der Waals surface area contributed by atoms with E-state index < -0.39 is 0 Å². The molecule has 4 aromatic heterocycles. The highest BCUT2D eigenvalue weighted by molar-refractivity contribution is 7.26. The fourth-order valence-corrected chi connectivity index (χ4v) is 14.0. The van der Waals surface area contributed by atoms with E-state index in [1.807, 2.05) is 46.9 Å².